The Kier molecular flexibility index (Phi) is 5.54. The predicted octanol–water partition coefficient (Wildman–Crippen LogP) is 2.70. The Labute approximate surface area is 197 Å². The molecule has 1 fully saturated rings. The van der Waals surface area contributed by atoms with Crippen LogP contribution in [0.2, 0.25) is 0 Å². The zero-order chi connectivity index (χ0) is 24.0. The molecule has 0 spiro atoms. The van der Waals surface area contributed by atoms with Crippen LogP contribution in [0.5, 0.6) is 0 Å². The Morgan fingerprint density at radius 2 is 1.85 bits per heavy atom. The zero-order valence-corrected chi connectivity index (χ0v) is 19.9. The van der Waals surface area contributed by atoms with E-state index in [1.54, 1.807) is 34.6 Å². The molecular weight excluding hydrogens is 428 g/mol. The Bertz CT molecular complexity index is 1470. The van der Waals surface area contributed by atoms with Crippen molar-refractivity contribution in [1.82, 2.24) is 29.0 Å². The van der Waals surface area contributed by atoms with Crippen LogP contribution in [-0.2, 0) is 13.5 Å². The molecule has 0 radical (unpaired) electrons. The number of hydrogen-bond donors (Lipinski definition) is 0. The molecule has 1 aromatic carbocycles. The SMILES string of the molecule is C[C@@H]1CN(c2cc(=O)n(C)c3cc(CC#N)nn23)[C@@H](C)CN1[C@H](C)c1ccc2nccnc2c1. The lowest BCUT2D eigenvalue weighted by molar-refractivity contribution is 0.119. The van der Waals surface area contributed by atoms with Crippen LogP contribution in [0.3, 0.4) is 0 Å². The van der Waals surface area contributed by atoms with Gasteiger partial charge in [0.05, 0.1) is 29.2 Å². The topological polar surface area (TPSA) is 95.3 Å². The van der Waals surface area contributed by atoms with Crippen molar-refractivity contribution in [3.63, 3.8) is 0 Å². The number of aromatic nitrogens is 5. The molecular formula is C25H28N8O. The molecule has 1 aliphatic rings. The van der Waals surface area contributed by atoms with E-state index in [9.17, 15) is 4.79 Å². The molecule has 0 bridgehead atoms. The van der Waals surface area contributed by atoms with Crippen molar-refractivity contribution in [1.29, 1.82) is 5.26 Å². The summed E-state index contributed by atoms with van der Waals surface area (Å²) in [5, 5.41) is 13.7. The molecule has 0 N–H and O–H groups in total. The Morgan fingerprint density at radius 3 is 2.62 bits per heavy atom. The van der Waals surface area contributed by atoms with Gasteiger partial charge in [-0.1, -0.05) is 6.07 Å². The molecule has 9 nitrogen and oxygen atoms in total. The molecule has 3 atom stereocenters. The van der Waals surface area contributed by atoms with Gasteiger partial charge in [-0.25, -0.2) is 4.52 Å². The smallest absolute Gasteiger partial charge is 0.255 e. The fourth-order valence-corrected chi connectivity index (χ4v) is 5.02. The van der Waals surface area contributed by atoms with Gasteiger partial charge in [-0.3, -0.25) is 24.2 Å². The molecule has 3 aromatic heterocycles. The highest BCUT2D eigenvalue weighted by molar-refractivity contribution is 5.74. The summed E-state index contributed by atoms with van der Waals surface area (Å²) in [5.74, 6) is 0.773. The molecule has 1 saturated heterocycles. The summed E-state index contributed by atoms with van der Waals surface area (Å²) in [6, 6.07) is 12.5. The highest BCUT2D eigenvalue weighted by Crippen LogP contribution is 2.30. The van der Waals surface area contributed by atoms with Crippen LogP contribution < -0.4 is 10.5 Å². The lowest BCUT2D eigenvalue weighted by Gasteiger charge is -2.47. The lowest BCUT2D eigenvalue weighted by Crippen LogP contribution is -2.57. The van der Waals surface area contributed by atoms with E-state index in [1.807, 2.05) is 12.1 Å². The third kappa shape index (κ3) is 3.70. The van der Waals surface area contributed by atoms with Gasteiger partial charge >= 0.3 is 0 Å². The Hall–Kier alpha value is -3.77. The third-order valence-electron chi connectivity index (χ3n) is 6.95. The molecule has 5 rings (SSSR count). The van der Waals surface area contributed by atoms with Crippen molar-refractivity contribution in [2.75, 3.05) is 18.0 Å². The lowest BCUT2D eigenvalue weighted by atomic mass is 10.0. The molecule has 1 aliphatic heterocycles. The Morgan fingerprint density at radius 1 is 1.09 bits per heavy atom. The van der Waals surface area contributed by atoms with Gasteiger partial charge in [0.2, 0.25) is 0 Å². The van der Waals surface area contributed by atoms with E-state index in [1.165, 1.54) is 5.56 Å². The van der Waals surface area contributed by atoms with Gasteiger partial charge in [0.15, 0.2) is 0 Å². The van der Waals surface area contributed by atoms with Crippen LogP contribution in [0.4, 0.5) is 5.82 Å². The average molecular weight is 457 g/mol. The first-order chi connectivity index (χ1) is 16.4. The summed E-state index contributed by atoms with van der Waals surface area (Å²) < 4.78 is 3.38. The van der Waals surface area contributed by atoms with E-state index in [0.717, 1.165) is 29.9 Å². The summed E-state index contributed by atoms with van der Waals surface area (Å²) in [6.45, 7) is 8.23. The second-order valence-corrected chi connectivity index (χ2v) is 9.17. The van der Waals surface area contributed by atoms with Crippen molar-refractivity contribution in [2.45, 2.75) is 45.3 Å². The van der Waals surface area contributed by atoms with E-state index in [2.05, 4.69) is 63.8 Å². The number of anilines is 1. The normalized spacial score (nSPS) is 20.0. The average Bonchev–Trinajstić information content (AvgIpc) is 3.26. The van der Waals surface area contributed by atoms with E-state index in [-0.39, 0.29) is 30.1 Å². The maximum atomic E-state index is 12.7. The minimum absolute atomic E-state index is 0.0844. The fraction of sp³-hybridized carbons (Fsp3) is 0.400. The van der Waals surface area contributed by atoms with Crippen LogP contribution in [0.15, 0.2) is 47.5 Å². The predicted molar refractivity (Wildman–Crippen MR) is 131 cm³/mol. The van der Waals surface area contributed by atoms with Gasteiger partial charge in [-0.2, -0.15) is 10.4 Å². The largest absolute Gasteiger partial charge is 0.351 e. The number of nitriles is 1. The van der Waals surface area contributed by atoms with E-state index < -0.39 is 0 Å². The number of benzene rings is 1. The summed E-state index contributed by atoms with van der Waals surface area (Å²) >= 11 is 0. The van der Waals surface area contributed by atoms with Gasteiger partial charge in [0.25, 0.3) is 5.56 Å². The van der Waals surface area contributed by atoms with Gasteiger partial charge in [-0.15, -0.1) is 0 Å². The maximum absolute atomic E-state index is 12.7. The molecule has 4 heterocycles. The van der Waals surface area contributed by atoms with E-state index in [0.29, 0.717) is 11.3 Å². The van der Waals surface area contributed by atoms with Crippen molar-refractivity contribution in [3.8, 4) is 6.07 Å². The molecule has 174 valence electrons. The number of fused-ring (bicyclic) bond motifs is 2. The van der Waals surface area contributed by atoms with Gasteiger partial charge in [0, 0.05) is 62.8 Å². The second-order valence-electron chi connectivity index (χ2n) is 9.17. The first-order valence-electron chi connectivity index (χ1n) is 11.6. The minimum Gasteiger partial charge on any atom is -0.351 e. The van der Waals surface area contributed by atoms with Crippen molar-refractivity contribution in [2.24, 2.45) is 7.05 Å². The van der Waals surface area contributed by atoms with E-state index in [4.69, 9.17) is 5.26 Å². The highest BCUT2D eigenvalue weighted by Gasteiger charge is 2.34. The summed E-state index contributed by atoms with van der Waals surface area (Å²) in [4.78, 5) is 26.3. The first-order valence-corrected chi connectivity index (χ1v) is 11.6. The quantitative estimate of drug-likeness (QED) is 0.466. The molecule has 0 aliphatic carbocycles. The Balaban J connectivity index is 1.45. The molecule has 0 amide bonds. The van der Waals surface area contributed by atoms with Crippen LogP contribution in [0.1, 0.15) is 38.1 Å². The van der Waals surface area contributed by atoms with E-state index >= 15 is 0 Å². The number of piperazine rings is 1. The molecule has 0 unspecified atom stereocenters. The van der Waals surface area contributed by atoms with Gasteiger partial charge < -0.3 is 4.90 Å². The molecule has 34 heavy (non-hydrogen) atoms. The zero-order valence-electron chi connectivity index (χ0n) is 19.9. The number of rotatable bonds is 4. The standard InChI is InChI=1S/C25H28N8O/c1-16-15-32(24-13-25(34)30(4)23-12-20(7-8-26)29-33(23)24)17(2)14-31(16)18(3)19-5-6-21-22(11-19)28-10-9-27-21/h5-6,9-13,16-18H,7,14-15H2,1-4H3/t16-,17+,18-/m1/s1. The summed E-state index contributed by atoms with van der Waals surface area (Å²) in [6.07, 6.45) is 3.65. The van der Waals surface area contributed by atoms with Gasteiger partial charge in [-0.05, 0) is 38.5 Å². The summed E-state index contributed by atoms with van der Waals surface area (Å²) in [7, 11) is 1.74. The number of nitrogens with zero attached hydrogens (tertiary/aromatic N) is 8. The number of aryl methyl sites for hydroxylation is 1. The van der Waals surface area contributed by atoms with Gasteiger partial charge in [0.1, 0.15) is 11.5 Å². The minimum atomic E-state index is -0.0844. The van der Waals surface area contributed by atoms with Crippen molar-refractivity contribution < 1.29 is 0 Å². The maximum Gasteiger partial charge on any atom is 0.255 e. The molecule has 4 aromatic rings. The van der Waals surface area contributed by atoms with Crippen LogP contribution in [-0.4, -0.2) is 54.2 Å². The first kappa shape index (κ1) is 22.0. The van der Waals surface area contributed by atoms with Crippen LogP contribution in [0.25, 0.3) is 16.7 Å². The van der Waals surface area contributed by atoms with Crippen LogP contribution in [0, 0.1) is 11.3 Å². The monoisotopic (exact) mass is 456 g/mol. The second kappa shape index (κ2) is 8.54. The van der Waals surface area contributed by atoms with Crippen molar-refractivity contribution in [3.05, 3.63) is 64.3 Å². The highest BCUT2D eigenvalue weighted by atomic mass is 16.1. The molecule has 0 saturated carbocycles. The van der Waals surface area contributed by atoms with Crippen LogP contribution >= 0.6 is 0 Å². The summed E-state index contributed by atoms with van der Waals surface area (Å²) in [5.41, 5.74) is 4.29. The molecule has 9 heteroatoms. The number of hydrogen-bond acceptors (Lipinski definition) is 7. The third-order valence-corrected chi connectivity index (χ3v) is 6.95. The fourth-order valence-electron chi connectivity index (χ4n) is 5.02. The van der Waals surface area contributed by atoms with Crippen molar-refractivity contribution >= 4 is 22.5 Å².